The minimum absolute atomic E-state index is 0.104. The van der Waals surface area contributed by atoms with Crippen LogP contribution in [0.5, 0.6) is 0 Å². The third kappa shape index (κ3) is 7.12. The zero-order valence-electron chi connectivity index (χ0n) is 19.7. The number of esters is 3. The number of carbonyl (C=O) groups excluding carboxylic acids is 3. The normalized spacial score (nSPS) is 24.6. The molecule has 0 aliphatic heterocycles. The number of halogens is 7. The highest BCUT2D eigenvalue weighted by atomic mass is 19.4. The van der Waals surface area contributed by atoms with Gasteiger partial charge >= 0.3 is 35.9 Å². The Kier molecular flexibility index (Phi) is 9.44. The summed E-state index contributed by atoms with van der Waals surface area (Å²) in [5.74, 6) is -14.2. The summed E-state index contributed by atoms with van der Waals surface area (Å²) in [6, 6.07) is 0. The average molecular weight is 534 g/mol. The number of carbonyl (C=O) groups is 3. The summed E-state index contributed by atoms with van der Waals surface area (Å²) in [6.07, 6.45) is -3.85. The van der Waals surface area contributed by atoms with Crippen molar-refractivity contribution in [2.75, 3.05) is 19.8 Å². The maximum atomic E-state index is 13.3. The second kappa shape index (κ2) is 11.4. The fraction of sp³-hybridized carbons (Fsp3) is 0.783. The first-order valence-electron chi connectivity index (χ1n) is 11.5. The predicted molar refractivity (Wildman–Crippen MR) is 110 cm³/mol. The molecule has 2 aliphatic rings. The Bertz CT molecular complexity index is 827. The monoisotopic (exact) mass is 534 g/mol. The Morgan fingerprint density at radius 1 is 0.917 bits per heavy atom. The minimum atomic E-state index is -6.48. The smallest absolute Gasteiger partial charge is 0.459 e. The van der Waals surface area contributed by atoms with Crippen molar-refractivity contribution in [1.29, 1.82) is 0 Å². The second-order valence-electron chi connectivity index (χ2n) is 9.58. The molecule has 0 saturated heterocycles. The van der Waals surface area contributed by atoms with Crippen molar-refractivity contribution >= 4 is 17.9 Å². The molecule has 2 saturated carbocycles. The van der Waals surface area contributed by atoms with Gasteiger partial charge in [-0.1, -0.05) is 25.8 Å². The van der Waals surface area contributed by atoms with Gasteiger partial charge in [-0.25, -0.2) is 9.59 Å². The molecular weight excluding hydrogens is 505 g/mol. The molecule has 206 valence electrons. The number of fused-ring (bicyclic) bond motifs is 2. The van der Waals surface area contributed by atoms with Crippen molar-refractivity contribution in [2.24, 2.45) is 17.3 Å². The van der Waals surface area contributed by atoms with Crippen LogP contribution in [-0.4, -0.2) is 55.7 Å². The maximum Gasteiger partial charge on any atom is 0.459 e. The number of ether oxygens (including phenoxy) is 3. The molecule has 0 aromatic rings. The quantitative estimate of drug-likeness (QED) is 0.153. The molecule has 6 nitrogen and oxygen atoms in total. The van der Waals surface area contributed by atoms with Gasteiger partial charge in [0.05, 0.1) is 25.0 Å². The summed E-state index contributed by atoms with van der Waals surface area (Å²) in [5, 5.41) is 0. The van der Waals surface area contributed by atoms with E-state index in [1.54, 1.807) is 0 Å². The van der Waals surface area contributed by atoms with Crippen molar-refractivity contribution in [3.63, 3.8) is 0 Å². The molecule has 2 fully saturated rings. The van der Waals surface area contributed by atoms with Crippen molar-refractivity contribution in [3.05, 3.63) is 12.2 Å². The van der Waals surface area contributed by atoms with Gasteiger partial charge in [0, 0.05) is 5.57 Å². The summed E-state index contributed by atoms with van der Waals surface area (Å²) in [7, 11) is 0. The zero-order chi connectivity index (χ0) is 27.4. The molecule has 2 unspecified atom stereocenters. The Balaban J connectivity index is 1.93. The van der Waals surface area contributed by atoms with Gasteiger partial charge < -0.3 is 14.2 Å². The van der Waals surface area contributed by atoms with Gasteiger partial charge in [0.15, 0.2) is 6.61 Å². The molecule has 0 aromatic carbocycles. The summed E-state index contributed by atoms with van der Waals surface area (Å²) in [4.78, 5) is 36.5. The van der Waals surface area contributed by atoms with Crippen molar-refractivity contribution < 1.29 is 59.3 Å². The van der Waals surface area contributed by atoms with Gasteiger partial charge in [-0.15, -0.1) is 0 Å². The molecule has 2 aliphatic carbocycles. The Hall–Kier alpha value is -2.34. The van der Waals surface area contributed by atoms with Crippen LogP contribution in [0.25, 0.3) is 0 Å². The first-order chi connectivity index (χ1) is 16.5. The lowest BCUT2D eigenvalue weighted by molar-refractivity contribution is -0.356. The predicted octanol–water partition coefficient (Wildman–Crippen LogP) is 5.39. The van der Waals surface area contributed by atoms with Crippen molar-refractivity contribution in [3.8, 4) is 0 Å². The van der Waals surface area contributed by atoms with Gasteiger partial charge in [0.1, 0.15) is 0 Å². The topological polar surface area (TPSA) is 78.9 Å². The van der Waals surface area contributed by atoms with Crippen LogP contribution in [0.2, 0.25) is 0 Å². The molecule has 0 heterocycles. The molecule has 13 heteroatoms. The van der Waals surface area contributed by atoms with Crippen LogP contribution in [-0.2, 0) is 28.6 Å². The Labute approximate surface area is 203 Å². The molecule has 2 atom stereocenters. The molecular formula is C23H29F7O6. The molecule has 0 amide bonds. The molecule has 36 heavy (non-hydrogen) atoms. The largest absolute Gasteiger partial charge is 0.463 e. The minimum Gasteiger partial charge on any atom is -0.463 e. The third-order valence-electron chi connectivity index (χ3n) is 6.66. The van der Waals surface area contributed by atoms with E-state index >= 15 is 0 Å². The highest BCUT2D eigenvalue weighted by molar-refractivity contribution is 5.87. The molecule has 2 bridgehead atoms. The van der Waals surface area contributed by atoms with Gasteiger partial charge in [-0.2, -0.15) is 30.7 Å². The fourth-order valence-electron chi connectivity index (χ4n) is 4.87. The van der Waals surface area contributed by atoms with E-state index < -0.39 is 61.0 Å². The van der Waals surface area contributed by atoms with Crippen LogP contribution in [0.1, 0.15) is 58.3 Å². The average Bonchev–Trinajstić information content (AvgIpc) is 2.76. The molecule has 0 aromatic heterocycles. The second-order valence-corrected chi connectivity index (χ2v) is 9.58. The van der Waals surface area contributed by atoms with E-state index in [4.69, 9.17) is 9.47 Å². The van der Waals surface area contributed by atoms with Crippen LogP contribution in [0, 0.1) is 17.3 Å². The third-order valence-corrected chi connectivity index (χ3v) is 6.66. The van der Waals surface area contributed by atoms with Crippen LogP contribution in [0.4, 0.5) is 30.7 Å². The van der Waals surface area contributed by atoms with Gasteiger partial charge in [-0.05, 0) is 44.4 Å². The lowest BCUT2D eigenvalue weighted by Gasteiger charge is -2.45. The molecule has 0 radical (unpaired) electrons. The Morgan fingerprint density at radius 2 is 1.50 bits per heavy atom. The van der Waals surface area contributed by atoms with Gasteiger partial charge in [-0.3, -0.25) is 4.79 Å². The van der Waals surface area contributed by atoms with E-state index in [2.05, 4.69) is 11.3 Å². The van der Waals surface area contributed by atoms with E-state index in [1.807, 2.05) is 0 Å². The molecule has 2 rings (SSSR count). The molecule has 0 N–H and O–H groups in total. The lowest BCUT2D eigenvalue weighted by Crippen LogP contribution is -2.52. The first kappa shape index (κ1) is 29.9. The summed E-state index contributed by atoms with van der Waals surface area (Å²) in [5.41, 5.74) is -0.890. The van der Waals surface area contributed by atoms with Crippen LogP contribution < -0.4 is 0 Å². The fourth-order valence-corrected chi connectivity index (χ4v) is 4.87. The van der Waals surface area contributed by atoms with Gasteiger partial charge in [0.2, 0.25) is 0 Å². The number of alkyl halides is 7. The van der Waals surface area contributed by atoms with Gasteiger partial charge in [0.25, 0.3) is 0 Å². The SMILES string of the molecule is C=C(C)C(=O)OCCC1(C(=O)OCC(=O)OCCC(F)(F)C(F)(F)C(F)(F)F)CC2CCCC(C2)C1. The maximum absolute atomic E-state index is 13.3. The highest BCUT2D eigenvalue weighted by Crippen LogP contribution is 2.51. The van der Waals surface area contributed by atoms with Crippen LogP contribution in [0.15, 0.2) is 12.2 Å². The zero-order valence-corrected chi connectivity index (χ0v) is 19.7. The summed E-state index contributed by atoms with van der Waals surface area (Å²) >= 11 is 0. The van der Waals surface area contributed by atoms with E-state index in [9.17, 15) is 45.1 Å². The molecule has 0 spiro atoms. The lowest BCUT2D eigenvalue weighted by atomic mass is 9.59. The first-order valence-corrected chi connectivity index (χ1v) is 11.5. The standard InChI is InChI=1S/C23H29F7O6/c1-14(2)18(32)35-8-6-20(11-15-4-3-5-16(10-15)12-20)19(33)36-13-17(31)34-9-7-21(24,25)22(26,27)23(28,29)30/h15-16H,1,3-13H2,2H3. The summed E-state index contributed by atoms with van der Waals surface area (Å²) < 4.78 is 103. The Morgan fingerprint density at radius 3 is 2.03 bits per heavy atom. The van der Waals surface area contributed by atoms with Crippen molar-refractivity contribution in [2.45, 2.75) is 76.3 Å². The van der Waals surface area contributed by atoms with E-state index in [-0.39, 0.29) is 30.4 Å². The number of rotatable bonds is 11. The highest BCUT2D eigenvalue weighted by Gasteiger charge is 2.72. The van der Waals surface area contributed by atoms with Crippen LogP contribution >= 0.6 is 0 Å². The number of hydrogen-bond acceptors (Lipinski definition) is 6. The van der Waals surface area contributed by atoms with E-state index in [1.165, 1.54) is 6.92 Å². The van der Waals surface area contributed by atoms with E-state index in [0.29, 0.717) is 12.8 Å². The van der Waals surface area contributed by atoms with Crippen molar-refractivity contribution in [1.82, 2.24) is 0 Å². The number of hydrogen-bond donors (Lipinski definition) is 0. The van der Waals surface area contributed by atoms with Crippen LogP contribution in [0.3, 0.4) is 0 Å². The van der Waals surface area contributed by atoms with E-state index in [0.717, 1.165) is 25.7 Å². The summed E-state index contributed by atoms with van der Waals surface area (Å²) in [6.45, 7) is 2.35.